The molecule has 20 heavy (non-hydrogen) atoms. The average Bonchev–Trinajstić information content (AvgIpc) is 2.73. The van der Waals surface area contributed by atoms with Crippen molar-refractivity contribution in [3.63, 3.8) is 0 Å². The van der Waals surface area contributed by atoms with Crippen molar-refractivity contribution < 1.29 is 13.3 Å². The number of nitrogens with zero attached hydrogens (tertiary/aromatic N) is 2. The number of nitrogens with one attached hydrogen (secondary N) is 1. The zero-order chi connectivity index (χ0) is 14.9. The molecular formula is C9H7BrN4O4S2. The first-order chi connectivity index (χ1) is 9.29. The molecule has 1 heterocycles. The lowest BCUT2D eigenvalue weighted by Crippen LogP contribution is -2.15. The summed E-state index contributed by atoms with van der Waals surface area (Å²) in [4.78, 5) is 13.4. The molecular weight excluding hydrogens is 372 g/mol. The van der Waals surface area contributed by atoms with Gasteiger partial charge >= 0.3 is 0 Å². The van der Waals surface area contributed by atoms with E-state index in [4.69, 9.17) is 5.73 Å². The summed E-state index contributed by atoms with van der Waals surface area (Å²) in [6, 6.07) is 3.34. The van der Waals surface area contributed by atoms with E-state index in [2.05, 4.69) is 25.6 Å². The number of aromatic nitrogens is 1. The number of hydrogen-bond donors (Lipinski definition) is 2. The minimum atomic E-state index is -4.14. The zero-order valence-corrected chi connectivity index (χ0v) is 12.8. The highest BCUT2D eigenvalue weighted by Crippen LogP contribution is 2.30. The number of anilines is 2. The van der Waals surface area contributed by atoms with Gasteiger partial charge in [0.05, 0.1) is 14.9 Å². The van der Waals surface area contributed by atoms with Gasteiger partial charge in [-0.05, 0) is 28.1 Å². The first-order valence-corrected chi connectivity index (χ1v) is 8.07. The molecule has 0 bridgehead atoms. The molecule has 11 heteroatoms. The predicted molar refractivity (Wildman–Crippen MR) is 78.1 cm³/mol. The van der Waals surface area contributed by atoms with Gasteiger partial charge in [0.25, 0.3) is 15.7 Å². The van der Waals surface area contributed by atoms with Gasteiger partial charge < -0.3 is 5.73 Å². The highest BCUT2D eigenvalue weighted by atomic mass is 79.9. The molecule has 0 radical (unpaired) electrons. The maximum absolute atomic E-state index is 12.2. The van der Waals surface area contributed by atoms with E-state index in [9.17, 15) is 18.5 Å². The van der Waals surface area contributed by atoms with Gasteiger partial charge in [-0.15, -0.1) is 0 Å². The number of benzene rings is 1. The van der Waals surface area contributed by atoms with E-state index >= 15 is 0 Å². The molecule has 0 fully saturated rings. The number of nitro benzene ring substituents is 1. The number of nitro groups is 1. The van der Waals surface area contributed by atoms with E-state index < -0.39 is 25.5 Å². The lowest BCUT2D eigenvalue weighted by atomic mass is 10.3. The highest BCUT2D eigenvalue weighted by molar-refractivity contribution is 9.11. The van der Waals surface area contributed by atoms with Gasteiger partial charge in [-0.3, -0.25) is 14.8 Å². The topological polar surface area (TPSA) is 128 Å². The van der Waals surface area contributed by atoms with E-state index in [1.807, 2.05) is 0 Å². The maximum atomic E-state index is 12.2. The second kappa shape index (κ2) is 5.34. The molecule has 3 N–H and O–H groups in total. The molecule has 1 aromatic heterocycles. The van der Waals surface area contributed by atoms with E-state index in [0.717, 1.165) is 23.5 Å². The summed E-state index contributed by atoms with van der Waals surface area (Å²) in [7, 11) is -4.14. The lowest BCUT2D eigenvalue weighted by Gasteiger charge is -2.06. The SMILES string of the molecule is Nc1ccc([N+](=O)[O-])c(S(=O)(=O)Nc2ncc(Br)s2)c1. The third kappa shape index (κ3) is 3.05. The van der Waals surface area contributed by atoms with Crippen molar-refractivity contribution in [3.8, 4) is 0 Å². The summed E-state index contributed by atoms with van der Waals surface area (Å²) in [6.45, 7) is 0. The molecule has 1 aromatic carbocycles. The molecule has 0 aliphatic carbocycles. The fourth-order valence-electron chi connectivity index (χ4n) is 1.37. The van der Waals surface area contributed by atoms with Crippen LogP contribution in [0.25, 0.3) is 0 Å². The molecule has 0 saturated carbocycles. The van der Waals surface area contributed by atoms with E-state index in [-0.39, 0.29) is 10.8 Å². The molecule has 0 spiro atoms. The van der Waals surface area contributed by atoms with Crippen LogP contribution >= 0.6 is 27.3 Å². The minimum Gasteiger partial charge on any atom is -0.399 e. The van der Waals surface area contributed by atoms with Crippen molar-refractivity contribution >= 4 is 53.8 Å². The van der Waals surface area contributed by atoms with Crippen molar-refractivity contribution in [2.45, 2.75) is 4.90 Å². The van der Waals surface area contributed by atoms with Gasteiger partial charge in [0, 0.05) is 11.8 Å². The standard InChI is InChI=1S/C9H7BrN4O4S2/c10-8-4-12-9(19-8)13-20(17,18)7-3-5(11)1-2-6(7)14(15)16/h1-4H,11H2,(H,12,13). The maximum Gasteiger partial charge on any atom is 0.290 e. The Kier molecular flexibility index (Phi) is 3.92. The van der Waals surface area contributed by atoms with Gasteiger partial charge in [-0.25, -0.2) is 13.4 Å². The Morgan fingerprint density at radius 2 is 2.15 bits per heavy atom. The molecule has 0 unspecified atom stereocenters. The average molecular weight is 379 g/mol. The Bertz CT molecular complexity index is 774. The molecule has 0 amide bonds. The first-order valence-electron chi connectivity index (χ1n) is 4.97. The number of thiazole rings is 1. The second-order valence-corrected chi connectivity index (χ2v) is 7.62. The fourth-order valence-corrected chi connectivity index (χ4v) is 3.92. The van der Waals surface area contributed by atoms with Crippen molar-refractivity contribution in [1.29, 1.82) is 0 Å². The number of hydrogen-bond acceptors (Lipinski definition) is 7. The minimum absolute atomic E-state index is 0.0913. The molecule has 106 valence electrons. The third-order valence-corrected chi connectivity index (χ3v) is 5.06. The molecule has 0 saturated heterocycles. The van der Waals surface area contributed by atoms with Crippen molar-refractivity contribution in [3.05, 3.63) is 38.3 Å². The van der Waals surface area contributed by atoms with Crippen LogP contribution in [-0.4, -0.2) is 18.3 Å². The van der Waals surface area contributed by atoms with Crippen LogP contribution in [0.5, 0.6) is 0 Å². The fraction of sp³-hybridized carbons (Fsp3) is 0. The molecule has 0 aliphatic rings. The Hall–Kier alpha value is -1.72. The van der Waals surface area contributed by atoms with Gasteiger partial charge in [0.2, 0.25) is 0 Å². The highest BCUT2D eigenvalue weighted by Gasteiger charge is 2.26. The number of nitrogen functional groups attached to an aromatic ring is 1. The van der Waals surface area contributed by atoms with Crippen molar-refractivity contribution in [2.24, 2.45) is 0 Å². The van der Waals surface area contributed by atoms with E-state index in [0.29, 0.717) is 3.79 Å². The van der Waals surface area contributed by atoms with Gasteiger partial charge in [0.15, 0.2) is 10.0 Å². The van der Waals surface area contributed by atoms with E-state index in [1.54, 1.807) is 0 Å². The number of halogens is 1. The summed E-state index contributed by atoms with van der Waals surface area (Å²) < 4.78 is 27.1. The largest absolute Gasteiger partial charge is 0.399 e. The van der Waals surface area contributed by atoms with Crippen LogP contribution in [0.2, 0.25) is 0 Å². The number of sulfonamides is 1. The molecule has 0 atom stereocenters. The quantitative estimate of drug-likeness (QED) is 0.476. The van der Waals surface area contributed by atoms with Crippen LogP contribution in [0.3, 0.4) is 0 Å². The second-order valence-electron chi connectivity index (χ2n) is 3.56. The van der Waals surface area contributed by atoms with Crippen LogP contribution < -0.4 is 10.5 Å². The third-order valence-electron chi connectivity index (χ3n) is 2.17. The Labute approximate surface area is 126 Å². The first kappa shape index (κ1) is 14.7. The predicted octanol–water partition coefficient (Wildman–Crippen LogP) is 2.20. The molecule has 2 aromatic rings. The monoisotopic (exact) mass is 378 g/mol. The van der Waals surface area contributed by atoms with Gasteiger partial charge in [0.1, 0.15) is 0 Å². The summed E-state index contributed by atoms with van der Waals surface area (Å²) in [5.74, 6) is 0. The van der Waals surface area contributed by atoms with Crippen molar-refractivity contribution in [1.82, 2.24) is 4.98 Å². The van der Waals surface area contributed by atoms with Crippen molar-refractivity contribution in [2.75, 3.05) is 10.5 Å². The summed E-state index contributed by atoms with van der Waals surface area (Å²) in [5, 5.41) is 11.0. The Morgan fingerprint density at radius 3 is 2.70 bits per heavy atom. The normalized spacial score (nSPS) is 11.2. The Balaban J connectivity index is 2.48. The molecule has 2 rings (SSSR count). The van der Waals surface area contributed by atoms with Crippen LogP contribution in [-0.2, 0) is 10.0 Å². The summed E-state index contributed by atoms with van der Waals surface area (Å²) in [6.07, 6.45) is 1.41. The van der Waals surface area contributed by atoms with Gasteiger partial charge in [-0.1, -0.05) is 11.3 Å². The van der Waals surface area contributed by atoms with Crippen LogP contribution in [0.1, 0.15) is 0 Å². The zero-order valence-electron chi connectivity index (χ0n) is 9.61. The van der Waals surface area contributed by atoms with Crippen LogP contribution in [0.4, 0.5) is 16.5 Å². The van der Waals surface area contributed by atoms with Crippen LogP contribution in [0, 0.1) is 10.1 Å². The van der Waals surface area contributed by atoms with Gasteiger partial charge in [-0.2, -0.15) is 0 Å². The van der Waals surface area contributed by atoms with E-state index in [1.165, 1.54) is 12.3 Å². The number of nitrogens with two attached hydrogens (primary N) is 1. The number of rotatable bonds is 4. The Morgan fingerprint density at radius 1 is 1.45 bits per heavy atom. The molecule has 0 aliphatic heterocycles. The molecule has 8 nitrogen and oxygen atoms in total. The smallest absolute Gasteiger partial charge is 0.290 e. The summed E-state index contributed by atoms with van der Waals surface area (Å²) >= 11 is 4.18. The lowest BCUT2D eigenvalue weighted by molar-refractivity contribution is -0.387. The summed E-state index contributed by atoms with van der Waals surface area (Å²) in [5.41, 5.74) is 5.04. The van der Waals surface area contributed by atoms with Crippen LogP contribution in [0.15, 0.2) is 33.1 Å².